The van der Waals surface area contributed by atoms with Crippen molar-refractivity contribution in [1.29, 1.82) is 0 Å². The number of aryl methyl sites for hydroxylation is 2. The zero-order chi connectivity index (χ0) is 14.2. The largest absolute Gasteiger partial charge is 0.419 e. The predicted octanol–water partition coefficient (Wildman–Crippen LogP) is 1.43. The molecule has 1 aliphatic heterocycles. The van der Waals surface area contributed by atoms with Crippen LogP contribution in [0.5, 0.6) is 0 Å². The Kier molecular flexibility index (Phi) is 3.18. The Morgan fingerprint density at radius 2 is 1.89 bits per heavy atom. The number of hydrogen-bond donors (Lipinski definition) is 0. The maximum absolute atomic E-state index is 11.8. The van der Waals surface area contributed by atoms with E-state index in [1.165, 1.54) is 19.9 Å². The van der Waals surface area contributed by atoms with Crippen LogP contribution in [0, 0.1) is 6.92 Å². The molecule has 1 fully saturated rings. The first-order valence-electron chi connectivity index (χ1n) is 6.05. The molecule has 0 amide bonds. The van der Waals surface area contributed by atoms with Crippen LogP contribution in [0.4, 0.5) is 0 Å². The molecule has 1 aromatic rings. The molecule has 0 spiro atoms. The molecule has 2 heterocycles. The molecule has 1 aliphatic rings. The Bertz CT molecular complexity index is 547. The zero-order valence-corrected chi connectivity index (χ0v) is 11.4. The molecule has 0 radical (unpaired) electrons. The van der Waals surface area contributed by atoms with Crippen molar-refractivity contribution in [3.05, 3.63) is 23.0 Å². The van der Waals surface area contributed by atoms with Crippen molar-refractivity contribution in [3.8, 4) is 0 Å². The van der Waals surface area contributed by atoms with E-state index in [9.17, 15) is 9.59 Å². The first-order chi connectivity index (χ1) is 8.82. The molecule has 0 aromatic carbocycles. The van der Waals surface area contributed by atoms with E-state index in [1.54, 1.807) is 10.9 Å². The van der Waals surface area contributed by atoms with Gasteiger partial charge in [-0.25, -0.2) is 9.59 Å². The standard InChI is InChI=1S/C13H16N2O4/c1-5-15-7-9(8(2)14-15)6-10-11(16)18-13(3,4)19-12(10)17/h6-7H,5H2,1-4H3. The molecular weight excluding hydrogens is 248 g/mol. The smallest absolute Gasteiger partial charge is 0.348 e. The lowest BCUT2D eigenvalue weighted by molar-refractivity contribution is -0.222. The van der Waals surface area contributed by atoms with Gasteiger partial charge in [0.25, 0.3) is 5.79 Å². The van der Waals surface area contributed by atoms with Crippen LogP contribution in [0.25, 0.3) is 6.08 Å². The maximum atomic E-state index is 11.8. The van der Waals surface area contributed by atoms with Crippen molar-refractivity contribution in [1.82, 2.24) is 9.78 Å². The molecule has 6 nitrogen and oxygen atoms in total. The van der Waals surface area contributed by atoms with Crippen molar-refractivity contribution in [2.45, 2.75) is 40.0 Å². The van der Waals surface area contributed by atoms with E-state index < -0.39 is 17.7 Å². The SMILES string of the molecule is CCn1cc(C=C2C(=O)OC(C)(C)OC2=O)c(C)n1. The second kappa shape index (κ2) is 4.53. The number of cyclic esters (lactones) is 2. The second-order valence-corrected chi connectivity index (χ2v) is 4.76. The zero-order valence-electron chi connectivity index (χ0n) is 11.4. The minimum absolute atomic E-state index is 0.113. The van der Waals surface area contributed by atoms with Gasteiger partial charge in [-0.05, 0) is 19.9 Å². The number of ether oxygens (including phenoxy) is 2. The Morgan fingerprint density at radius 1 is 1.32 bits per heavy atom. The summed E-state index contributed by atoms with van der Waals surface area (Å²) >= 11 is 0. The molecule has 1 aromatic heterocycles. The van der Waals surface area contributed by atoms with E-state index in [-0.39, 0.29) is 5.57 Å². The first-order valence-corrected chi connectivity index (χ1v) is 6.05. The topological polar surface area (TPSA) is 70.4 Å². The molecule has 1 saturated heterocycles. The lowest BCUT2D eigenvalue weighted by Crippen LogP contribution is -2.41. The molecule has 0 bridgehead atoms. The Labute approximate surface area is 111 Å². The number of aromatic nitrogens is 2. The predicted molar refractivity (Wildman–Crippen MR) is 66.9 cm³/mol. The molecule has 19 heavy (non-hydrogen) atoms. The summed E-state index contributed by atoms with van der Waals surface area (Å²) in [5.41, 5.74) is 1.32. The molecule has 0 unspecified atom stereocenters. The van der Waals surface area contributed by atoms with Gasteiger partial charge in [-0.2, -0.15) is 5.10 Å². The normalized spacial score (nSPS) is 18.0. The minimum atomic E-state index is -1.21. The van der Waals surface area contributed by atoms with Crippen LogP contribution in [-0.4, -0.2) is 27.5 Å². The number of esters is 2. The first kappa shape index (κ1) is 13.3. The van der Waals surface area contributed by atoms with Gasteiger partial charge in [0.2, 0.25) is 0 Å². The van der Waals surface area contributed by atoms with Crippen molar-refractivity contribution >= 4 is 18.0 Å². The van der Waals surface area contributed by atoms with E-state index >= 15 is 0 Å². The van der Waals surface area contributed by atoms with Gasteiger partial charge >= 0.3 is 11.9 Å². The lowest BCUT2D eigenvalue weighted by atomic mass is 10.1. The third-order valence-electron chi connectivity index (χ3n) is 2.72. The number of carbonyl (C=O) groups is 2. The summed E-state index contributed by atoms with van der Waals surface area (Å²) in [4.78, 5) is 23.6. The van der Waals surface area contributed by atoms with Crippen molar-refractivity contribution in [3.63, 3.8) is 0 Å². The van der Waals surface area contributed by atoms with Crippen LogP contribution in [-0.2, 0) is 25.6 Å². The minimum Gasteiger partial charge on any atom is -0.419 e. The fraction of sp³-hybridized carbons (Fsp3) is 0.462. The van der Waals surface area contributed by atoms with E-state index in [0.29, 0.717) is 12.1 Å². The molecule has 6 heteroatoms. The van der Waals surface area contributed by atoms with Crippen LogP contribution in [0.15, 0.2) is 11.8 Å². The average Bonchev–Trinajstić information content (AvgIpc) is 2.63. The van der Waals surface area contributed by atoms with Gasteiger partial charge in [0, 0.05) is 32.2 Å². The monoisotopic (exact) mass is 264 g/mol. The van der Waals surface area contributed by atoms with E-state index in [0.717, 1.165) is 5.69 Å². The summed E-state index contributed by atoms with van der Waals surface area (Å²) in [5, 5.41) is 4.24. The molecule has 0 N–H and O–H groups in total. The summed E-state index contributed by atoms with van der Waals surface area (Å²) in [5.74, 6) is -2.57. The van der Waals surface area contributed by atoms with Gasteiger partial charge in [0.1, 0.15) is 5.57 Å². The van der Waals surface area contributed by atoms with Crippen molar-refractivity contribution in [2.75, 3.05) is 0 Å². The summed E-state index contributed by atoms with van der Waals surface area (Å²) in [6.07, 6.45) is 3.22. The van der Waals surface area contributed by atoms with Gasteiger partial charge < -0.3 is 9.47 Å². The lowest BCUT2D eigenvalue weighted by Gasteiger charge is -2.29. The number of nitrogens with zero attached hydrogens (tertiary/aromatic N) is 2. The van der Waals surface area contributed by atoms with E-state index in [2.05, 4.69) is 5.10 Å². The van der Waals surface area contributed by atoms with E-state index in [1.807, 2.05) is 13.8 Å². The Morgan fingerprint density at radius 3 is 2.37 bits per heavy atom. The number of hydrogen-bond acceptors (Lipinski definition) is 5. The summed E-state index contributed by atoms with van der Waals surface area (Å²) in [6.45, 7) is 7.50. The second-order valence-electron chi connectivity index (χ2n) is 4.76. The molecule has 0 saturated carbocycles. The Hall–Kier alpha value is -2.11. The molecular formula is C13H16N2O4. The van der Waals surface area contributed by atoms with Crippen molar-refractivity contribution in [2.24, 2.45) is 0 Å². The summed E-state index contributed by atoms with van der Waals surface area (Å²) < 4.78 is 11.8. The van der Waals surface area contributed by atoms with Crippen LogP contribution >= 0.6 is 0 Å². The van der Waals surface area contributed by atoms with Gasteiger partial charge in [-0.3, -0.25) is 4.68 Å². The average molecular weight is 264 g/mol. The molecule has 2 rings (SSSR count). The number of carbonyl (C=O) groups excluding carboxylic acids is 2. The highest BCUT2D eigenvalue weighted by molar-refractivity contribution is 6.18. The van der Waals surface area contributed by atoms with Gasteiger partial charge in [-0.15, -0.1) is 0 Å². The molecule has 0 aliphatic carbocycles. The van der Waals surface area contributed by atoms with Crippen LogP contribution < -0.4 is 0 Å². The fourth-order valence-corrected chi connectivity index (χ4v) is 1.77. The number of rotatable bonds is 2. The van der Waals surface area contributed by atoms with E-state index in [4.69, 9.17) is 9.47 Å². The quantitative estimate of drug-likeness (QED) is 0.459. The Balaban J connectivity index is 2.35. The molecule has 0 atom stereocenters. The van der Waals surface area contributed by atoms with Crippen LogP contribution in [0.2, 0.25) is 0 Å². The van der Waals surface area contributed by atoms with Crippen molar-refractivity contribution < 1.29 is 19.1 Å². The van der Waals surface area contributed by atoms with Crippen LogP contribution in [0.1, 0.15) is 32.0 Å². The highest BCUT2D eigenvalue weighted by atomic mass is 16.7. The highest BCUT2D eigenvalue weighted by Gasteiger charge is 2.38. The third kappa shape index (κ3) is 2.67. The molecule has 102 valence electrons. The highest BCUT2D eigenvalue weighted by Crippen LogP contribution is 2.24. The van der Waals surface area contributed by atoms with Gasteiger partial charge in [0.15, 0.2) is 0 Å². The summed E-state index contributed by atoms with van der Waals surface area (Å²) in [6, 6.07) is 0. The maximum Gasteiger partial charge on any atom is 0.348 e. The van der Waals surface area contributed by atoms with Gasteiger partial charge in [0.05, 0.1) is 5.69 Å². The van der Waals surface area contributed by atoms with Crippen LogP contribution in [0.3, 0.4) is 0 Å². The third-order valence-corrected chi connectivity index (χ3v) is 2.72. The van der Waals surface area contributed by atoms with Gasteiger partial charge in [-0.1, -0.05) is 0 Å². The summed E-state index contributed by atoms with van der Waals surface area (Å²) in [7, 11) is 0. The fourth-order valence-electron chi connectivity index (χ4n) is 1.77.